The Bertz CT molecular complexity index is 730. The molecule has 1 aromatic carbocycles. The van der Waals surface area contributed by atoms with Gasteiger partial charge in [-0.25, -0.2) is 0 Å². The lowest BCUT2D eigenvalue weighted by molar-refractivity contribution is 0.0926. The van der Waals surface area contributed by atoms with Gasteiger partial charge in [0.05, 0.1) is 5.56 Å². The molecule has 1 saturated carbocycles. The van der Waals surface area contributed by atoms with E-state index in [1.165, 1.54) is 18.4 Å². The molecule has 24 heavy (non-hydrogen) atoms. The zero-order chi connectivity index (χ0) is 17.1. The van der Waals surface area contributed by atoms with Crippen molar-refractivity contribution in [3.05, 3.63) is 46.3 Å². The van der Waals surface area contributed by atoms with Crippen LogP contribution in [0.5, 0.6) is 5.75 Å². The molecule has 0 bridgehead atoms. The van der Waals surface area contributed by atoms with Crippen molar-refractivity contribution in [1.29, 1.82) is 0 Å². The van der Waals surface area contributed by atoms with Crippen molar-refractivity contribution in [2.24, 2.45) is 0 Å². The molecule has 1 aliphatic rings. The molecule has 0 unspecified atom stereocenters. The maximum atomic E-state index is 12.5. The highest BCUT2D eigenvalue weighted by atomic mass is 16.5. The monoisotopic (exact) mass is 328 g/mol. The Kier molecular flexibility index (Phi) is 4.88. The molecule has 1 N–H and O–H groups in total. The molecule has 128 valence electrons. The average Bonchev–Trinajstić information content (AvgIpc) is 3.16. The van der Waals surface area contributed by atoms with E-state index in [1.54, 1.807) is 6.92 Å². The van der Waals surface area contributed by atoms with Gasteiger partial charge in [0.15, 0.2) is 5.69 Å². The molecule has 0 radical (unpaired) electrons. The molecule has 0 atom stereocenters. The predicted molar refractivity (Wildman–Crippen MR) is 91.2 cm³/mol. The standard InChI is InChI=1S/C19H24N2O3/c1-12-8-9-17(13(2)10-12)23-11-16-14(3)24-21-18(16)19(22)20-15-6-4-5-7-15/h8-10,15H,4-7,11H2,1-3H3,(H,20,22). The first-order valence-corrected chi connectivity index (χ1v) is 8.50. The first-order valence-electron chi connectivity index (χ1n) is 8.50. The lowest BCUT2D eigenvalue weighted by atomic mass is 10.1. The quantitative estimate of drug-likeness (QED) is 0.905. The van der Waals surface area contributed by atoms with Gasteiger partial charge < -0.3 is 14.6 Å². The van der Waals surface area contributed by atoms with Crippen molar-refractivity contribution < 1.29 is 14.1 Å². The molecule has 5 heteroatoms. The van der Waals surface area contributed by atoms with Crippen LogP contribution in [0.4, 0.5) is 0 Å². The second kappa shape index (κ2) is 7.07. The van der Waals surface area contributed by atoms with E-state index in [-0.39, 0.29) is 18.6 Å². The van der Waals surface area contributed by atoms with E-state index in [4.69, 9.17) is 9.26 Å². The highest BCUT2D eigenvalue weighted by molar-refractivity contribution is 5.94. The minimum Gasteiger partial charge on any atom is -0.488 e. The third kappa shape index (κ3) is 3.61. The maximum absolute atomic E-state index is 12.5. The van der Waals surface area contributed by atoms with Crippen molar-refractivity contribution in [1.82, 2.24) is 10.5 Å². The Morgan fingerprint density at radius 3 is 2.75 bits per heavy atom. The number of hydrogen-bond acceptors (Lipinski definition) is 4. The van der Waals surface area contributed by atoms with Gasteiger partial charge in [0.25, 0.3) is 5.91 Å². The molecule has 1 fully saturated rings. The summed E-state index contributed by atoms with van der Waals surface area (Å²) in [5, 5.41) is 6.99. The van der Waals surface area contributed by atoms with Gasteiger partial charge in [-0.1, -0.05) is 35.7 Å². The molecule has 1 aliphatic carbocycles. The van der Waals surface area contributed by atoms with E-state index in [2.05, 4.69) is 16.5 Å². The van der Waals surface area contributed by atoms with Crippen molar-refractivity contribution >= 4 is 5.91 Å². The minimum atomic E-state index is -0.169. The fraction of sp³-hybridized carbons (Fsp3) is 0.474. The Labute approximate surface area is 142 Å². The summed E-state index contributed by atoms with van der Waals surface area (Å²) in [4.78, 5) is 12.5. The van der Waals surface area contributed by atoms with E-state index < -0.39 is 0 Å². The summed E-state index contributed by atoms with van der Waals surface area (Å²) in [7, 11) is 0. The summed E-state index contributed by atoms with van der Waals surface area (Å²) in [6.45, 7) is 6.13. The molecule has 0 aliphatic heterocycles. The van der Waals surface area contributed by atoms with Gasteiger partial charge >= 0.3 is 0 Å². The summed E-state index contributed by atoms with van der Waals surface area (Å²) in [6, 6.07) is 6.29. The number of hydrogen-bond donors (Lipinski definition) is 1. The van der Waals surface area contributed by atoms with Crippen molar-refractivity contribution in [2.45, 2.75) is 59.1 Å². The van der Waals surface area contributed by atoms with E-state index in [0.717, 1.165) is 24.2 Å². The van der Waals surface area contributed by atoms with Crippen molar-refractivity contribution in [2.75, 3.05) is 0 Å². The molecule has 1 heterocycles. The molecule has 5 nitrogen and oxygen atoms in total. The minimum absolute atomic E-state index is 0.169. The predicted octanol–water partition coefficient (Wildman–Crippen LogP) is 3.85. The topological polar surface area (TPSA) is 64.4 Å². The number of benzene rings is 1. The Morgan fingerprint density at radius 2 is 2.04 bits per heavy atom. The second-order valence-electron chi connectivity index (χ2n) is 6.58. The van der Waals surface area contributed by atoms with Crippen LogP contribution in [0.2, 0.25) is 0 Å². The van der Waals surface area contributed by atoms with E-state index in [9.17, 15) is 4.79 Å². The van der Waals surface area contributed by atoms with Gasteiger partial charge in [-0.05, 0) is 45.2 Å². The summed E-state index contributed by atoms with van der Waals surface area (Å²) < 4.78 is 11.1. The van der Waals surface area contributed by atoms with Crippen LogP contribution in [-0.4, -0.2) is 17.1 Å². The zero-order valence-corrected chi connectivity index (χ0v) is 14.5. The van der Waals surface area contributed by atoms with Gasteiger partial charge in [0.2, 0.25) is 0 Å². The van der Waals surface area contributed by atoms with Gasteiger partial charge in [-0.15, -0.1) is 0 Å². The Hall–Kier alpha value is -2.30. The number of nitrogens with zero attached hydrogens (tertiary/aromatic N) is 1. The van der Waals surface area contributed by atoms with E-state index in [1.807, 2.05) is 26.0 Å². The lowest BCUT2D eigenvalue weighted by Crippen LogP contribution is -2.33. The highest BCUT2D eigenvalue weighted by Crippen LogP contribution is 2.23. The summed E-state index contributed by atoms with van der Waals surface area (Å²) in [5.74, 6) is 1.26. The van der Waals surface area contributed by atoms with Crippen molar-refractivity contribution in [3.63, 3.8) is 0 Å². The number of carbonyl (C=O) groups excluding carboxylic acids is 1. The summed E-state index contributed by atoms with van der Waals surface area (Å²) >= 11 is 0. The number of carbonyl (C=O) groups is 1. The highest BCUT2D eigenvalue weighted by Gasteiger charge is 2.24. The van der Waals surface area contributed by atoms with Gasteiger partial charge in [-0.2, -0.15) is 0 Å². The first-order chi connectivity index (χ1) is 11.5. The fourth-order valence-corrected chi connectivity index (χ4v) is 3.17. The molecular weight excluding hydrogens is 304 g/mol. The van der Waals surface area contributed by atoms with Crippen LogP contribution < -0.4 is 10.1 Å². The maximum Gasteiger partial charge on any atom is 0.274 e. The molecular formula is C19H24N2O3. The van der Waals surface area contributed by atoms with E-state index >= 15 is 0 Å². The number of ether oxygens (including phenoxy) is 1. The Balaban J connectivity index is 1.71. The van der Waals surface area contributed by atoms with Crippen LogP contribution in [0.25, 0.3) is 0 Å². The van der Waals surface area contributed by atoms with Crippen molar-refractivity contribution in [3.8, 4) is 5.75 Å². The first kappa shape index (κ1) is 16.6. The number of amides is 1. The van der Waals surface area contributed by atoms with Gasteiger partial charge in [0.1, 0.15) is 18.1 Å². The van der Waals surface area contributed by atoms with Crippen LogP contribution >= 0.6 is 0 Å². The van der Waals surface area contributed by atoms with Crippen LogP contribution in [0.1, 0.15) is 58.6 Å². The largest absolute Gasteiger partial charge is 0.488 e. The number of rotatable bonds is 5. The van der Waals surface area contributed by atoms with E-state index in [0.29, 0.717) is 17.0 Å². The second-order valence-corrected chi connectivity index (χ2v) is 6.58. The molecule has 0 saturated heterocycles. The summed E-state index contributed by atoms with van der Waals surface area (Å²) in [5.41, 5.74) is 3.31. The zero-order valence-electron chi connectivity index (χ0n) is 14.5. The lowest BCUT2D eigenvalue weighted by Gasteiger charge is -2.12. The normalized spacial score (nSPS) is 14.8. The van der Waals surface area contributed by atoms with Crippen LogP contribution in [0, 0.1) is 20.8 Å². The third-order valence-electron chi connectivity index (χ3n) is 4.59. The fourth-order valence-electron chi connectivity index (χ4n) is 3.17. The van der Waals surface area contributed by atoms with Crippen LogP contribution in [0.15, 0.2) is 22.7 Å². The molecule has 1 amide bonds. The van der Waals surface area contributed by atoms with Gasteiger partial charge in [0, 0.05) is 6.04 Å². The number of nitrogens with one attached hydrogen (secondary N) is 1. The Morgan fingerprint density at radius 1 is 1.29 bits per heavy atom. The average molecular weight is 328 g/mol. The molecule has 0 spiro atoms. The SMILES string of the molecule is Cc1ccc(OCc2c(C(=O)NC3CCCC3)noc2C)c(C)c1. The molecule has 1 aromatic heterocycles. The van der Waals surface area contributed by atoms with Crippen LogP contribution in [0.3, 0.4) is 0 Å². The van der Waals surface area contributed by atoms with Crippen LogP contribution in [-0.2, 0) is 6.61 Å². The van der Waals surface area contributed by atoms with Gasteiger partial charge in [-0.3, -0.25) is 4.79 Å². The smallest absolute Gasteiger partial charge is 0.274 e. The third-order valence-corrected chi connectivity index (χ3v) is 4.59. The molecule has 3 rings (SSSR count). The summed E-state index contributed by atoms with van der Waals surface area (Å²) in [6.07, 6.45) is 4.42. The number of aryl methyl sites for hydroxylation is 3. The number of aromatic nitrogens is 1. The molecule has 2 aromatic rings.